The first-order chi connectivity index (χ1) is 16.5. The van der Waals surface area contributed by atoms with Crippen LogP contribution in [0.4, 0.5) is 0 Å². The second-order valence-electron chi connectivity index (χ2n) is 8.19. The molecule has 1 fully saturated rings. The van der Waals surface area contributed by atoms with Gasteiger partial charge in [-0.15, -0.1) is 0 Å². The lowest BCUT2D eigenvalue weighted by molar-refractivity contribution is -0.141. The Hall–Kier alpha value is -2.33. The number of nitrogens with zero attached hydrogens (tertiary/aromatic N) is 2. The largest absolute Gasteiger partial charge is 0.460 e. The number of fused-ring (bicyclic) bond motifs is 1. The van der Waals surface area contributed by atoms with Crippen molar-refractivity contribution >= 4 is 40.4 Å². The van der Waals surface area contributed by atoms with Gasteiger partial charge in [0, 0.05) is 31.0 Å². The molecule has 0 aromatic heterocycles. The molecule has 1 N–H and O–H groups in total. The Kier molecular flexibility index (Phi) is 8.31. The molecule has 3 aliphatic heterocycles. The van der Waals surface area contributed by atoms with Crippen molar-refractivity contribution in [3.05, 3.63) is 57.2 Å². The number of carbonyl (C=O) groups excluding carboxylic acids is 2. The van der Waals surface area contributed by atoms with Gasteiger partial charge in [0.25, 0.3) is 0 Å². The van der Waals surface area contributed by atoms with E-state index < -0.39 is 12.0 Å². The Balaban J connectivity index is 1.57. The molecule has 1 aromatic carbocycles. The number of carbonyl (C=O) groups is 2. The summed E-state index contributed by atoms with van der Waals surface area (Å²) in [7, 11) is 1.55. The van der Waals surface area contributed by atoms with Gasteiger partial charge in [-0.3, -0.25) is 4.79 Å². The van der Waals surface area contributed by atoms with Crippen LogP contribution in [0.1, 0.15) is 37.8 Å². The van der Waals surface area contributed by atoms with Crippen LogP contribution in [0.15, 0.2) is 51.6 Å². The fourth-order valence-electron chi connectivity index (χ4n) is 4.15. The lowest BCUT2D eigenvalue weighted by atomic mass is 9.94. The number of allylic oxidation sites excluding steroid dienone is 1. The van der Waals surface area contributed by atoms with Gasteiger partial charge in [-0.05, 0) is 42.9 Å². The fourth-order valence-corrected chi connectivity index (χ4v) is 5.24. The summed E-state index contributed by atoms with van der Waals surface area (Å²) >= 11 is 7.56. The van der Waals surface area contributed by atoms with Crippen LogP contribution in [0.3, 0.4) is 0 Å². The highest BCUT2D eigenvalue weighted by atomic mass is 35.5. The number of benzene rings is 1. The monoisotopic (exact) mass is 505 g/mol. The number of ether oxygens (including phenoxy) is 3. The molecule has 4 rings (SSSR count). The van der Waals surface area contributed by atoms with Gasteiger partial charge in [-0.2, -0.15) is 0 Å². The fraction of sp³-hybridized carbons (Fsp3) is 0.458. The molecule has 182 valence electrons. The number of amides is 1. The van der Waals surface area contributed by atoms with Gasteiger partial charge in [0.1, 0.15) is 6.61 Å². The van der Waals surface area contributed by atoms with Crippen LogP contribution in [0.25, 0.3) is 0 Å². The predicted molar refractivity (Wildman–Crippen MR) is 131 cm³/mol. The van der Waals surface area contributed by atoms with Gasteiger partial charge in [0.15, 0.2) is 5.17 Å². The SMILES string of the molecule is COCCOC(=O)C1=C(C)N=C2SC=C(CC(=O)NC[C@@H]3CCCO3)N2[C@@H]1c1ccc(Cl)cc1. The van der Waals surface area contributed by atoms with Crippen molar-refractivity contribution in [2.75, 3.05) is 33.5 Å². The van der Waals surface area contributed by atoms with Gasteiger partial charge in [0.2, 0.25) is 5.91 Å². The molecule has 10 heteroatoms. The van der Waals surface area contributed by atoms with E-state index in [4.69, 9.17) is 25.8 Å². The summed E-state index contributed by atoms with van der Waals surface area (Å²) in [5.41, 5.74) is 2.63. The minimum atomic E-state index is -0.493. The van der Waals surface area contributed by atoms with Crippen LogP contribution in [-0.2, 0) is 23.8 Å². The second-order valence-corrected chi connectivity index (χ2v) is 9.46. The third-order valence-corrected chi connectivity index (χ3v) is 6.96. The minimum Gasteiger partial charge on any atom is -0.460 e. The van der Waals surface area contributed by atoms with Gasteiger partial charge in [-0.1, -0.05) is 35.5 Å². The number of aliphatic imine (C=N–C) groups is 1. The number of nitrogens with one attached hydrogen (secondary N) is 1. The molecule has 3 aliphatic rings. The first-order valence-electron chi connectivity index (χ1n) is 11.2. The third-order valence-electron chi connectivity index (χ3n) is 5.82. The first-order valence-corrected chi connectivity index (χ1v) is 12.5. The topological polar surface area (TPSA) is 89.5 Å². The number of amidine groups is 1. The minimum absolute atomic E-state index is 0.0730. The van der Waals surface area contributed by atoms with Crippen molar-refractivity contribution in [1.82, 2.24) is 10.2 Å². The highest BCUT2D eigenvalue weighted by Gasteiger charge is 2.41. The lowest BCUT2D eigenvalue weighted by Crippen LogP contribution is -2.39. The smallest absolute Gasteiger partial charge is 0.338 e. The summed E-state index contributed by atoms with van der Waals surface area (Å²) < 4.78 is 16.1. The van der Waals surface area contributed by atoms with E-state index >= 15 is 0 Å². The Morgan fingerprint density at radius 1 is 1.29 bits per heavy atom. The van der Waals surface area contributed by atoms with Crippen molar-refractivity contribution in [3.63, 3.8) is 0 Å². The van der Waals surface area contributed by atoms with Crippen LogP contribution >= 0.6 is 23.4 Å². The summed E-state index contributed by atoms with van der Waals surface area (Å²) in [5.74, 6) is -0.565. The van der Waals surface area contributed by atoms with Crippen LogP contribution in [0.2, 0.25) is 5.02 Å². The summed E-state index contributed by atoms with van der Waals surface area (Å²) in [4.78, 5) is 32.5. The molecule has 34 heavy (non-hydrogen) atoms. The number of esters is 1. The molecule has 2 atom stereocenters. The zero-order chi connectivity index (χ0) is 24.1. The molecule has 0 spiro atoms. The zero-order valence-corrected chi connectivity index (χ0v) is 20.8. The third kappa shape index (κ3) is 5.66. The summed E-state index contributed by atoms with van der Waals surface area (Å²) in [6.07, 6.45) is 2.21. The molecule has 8 nitrogen and oxygen atoms in total. The number of hydrogen-bond donors (Lipinski definition) is 1. The normalized spacial score (nSPS) is 21.8. The van der Waals surface area contributed by atoms with Gasteiger partial charge in [-0.25, -0.2) is 9.79 Å². The number of rotatable bonds is 9. The van der Waals surface area contributed by atoms with Crippen molar-refractivity contribution in [1.29, 1.82) is 0 Å². The Morgan fingerprint density at radius 3 is 2.79 bits per heavy atom. The van der Waals surface area contributed by atoms with Crippen LogP contribution < -0.4 is 5.32 Å². The van der Waals surface area contributed by atoms with E-state index in [1.165, 1.54) is 11.8 Å². The van der Waals surface area contributed by atoms with E-state index in [2.05, 4.69) is 10.3 Å². The maximum Gasteiger partial charge on any atom is 0.338 e. The predicted octanol–water partition coefficient (Wildman–Crippen LogP) is 3.79. The number of thioether (sulfide) groups is 1. The van der Waals surface area contributed by atoms with Crippen LogP contribution in [-0.4, -0.2) is 61.5 Å². The van der Waals surface area contributed by atoms with Crippen LogP contribution in [0, 0.1) is 0 Å². The molecule has 0 bridgehead atoms. The molecule has 0 unspecified atom stereocenters. The maximum absolute atomic E-state index is 13.1. The molecular weight excluding hydrogens is 478 g/mol. The lowest BCUT2D eigenvalue weighted by Gasteiger charge is -2.36. The molecule has 0 aliphatic carbocycles. The van der Waals surface area contributed by atoms with E-state index in [0.29, 0.717) is 34.6 Å². The number of halogens is 1. The van der Waals surface area contributed by atoms with E-state index in [1.807, 2.05) is 22.4 Å². The highest BCUT2D eigenvalue weighted by Crippen LogP contribution is 2.45. The average molecular weight is 506 g/mol. The molecule has 1 saturated heterocycles. The Bertz CT molecular complexity index is 1020. The molecule has 3 heterocycles. The summed E-state index contributed by atoms with van der Waals surface area (Å²) in [6, 6.07) is 6.83. The summed E-state index contributed by atoms with van der Waals surface area (Å²) in [6.45, 7) is 3.48. The molecule has 0 radical (unpaired) electrons. The van der Waals surface area contributed by atoms with Crippen LogP contribution in [0.5, 0.6) is 0 Å². The average Bonchev–Trinajstić information content (AvgIpc) is 3.48. The molecule has 1 amide bonds. The first kappa shape index (κ1) is 24.8. The van der Waals surface area contributed by atoms with Crippen molar-refractivity contribution in [2.45, 2.75) is 38.3 Å². The van der Waals surface area contributed by atoms with E-state index in [1.54, 1.807) is 26.2 Å². The maximum atomic E-state index is 13.1. The molecule has 0 saturated carbocycles. The number of methoxy groups -OCH3 is 1. The van der Waals surface area contributed by atoms with E-state index in [0.717, 1.165) is 30.7 Å². The Morgan fingerprint density at radius 2 is 2.09 bits per heavy atom. The van der Waals surface area contributed by atoms with E-state index in [-0.39, 0.29) is 25.0 Å². The van der Waals surface area contributed by atoms with E-state index in [9.17, 15) is 9.59 Å². The van der Waals surface area contributed by atoms with Crippen molar-refractivity contribution in [3.8, 4) is 0 Å². The van der Waals surface area contributed by atoms with Gasteiger partial charge < -0.3 is 24.4 Å². The standard InChI is InChI=1S/C24H28ClN3O5S/c1-15-21(23(30)33-11-10-31-2)22(16-5-7-17(25)8-6-16)28-18(14-34-24(28)27-15)12-20(29)26-13-19-4-3-9-32-19/h5-8,14,19,22H,3-4,9-13H2,1-2H3,(H,26,29)/t19-,22+/m0/s1. The second kappa shape index (κ2) is 11.4. The van der Waals surface area contributed by atoms with Crippen molar-refractivity contribution in [2.24, 2.45) is 4.99 Å². The van der Waals surface area contributed by atoms with Gasteiger partial charge in [0.05, 0.1) is 36.4 Å². The van der Waals surface area contributed by atoms with Crippen molar-refractivity contribution < 1.29 is 23.8 Å². The molecule has 1 aromatic rings. The highest BCUT2D eigenvalue weighted by molar-refractivity contribution is 8.16. The Labute approximate surface area is 208 Å². The number of hydrogen-bond acceptors (Lipinski definition) is 8. The van der Waals surface area contributed by atoms with Gasteiger partial charge >= 0.3 is 5.97 Å². The summed E-state index contributed by atoms with van der Waals surface area (Å²) in [5, 5.41) is 6.20. The quantitative estimate of drug-likeness (QED) is 0.403. The molecular formula is C24H28ClN3O5S. The zero-order valence-electron chi connectivity index (χ0n) is 19.2.